The van der Waals surface area contributed by atoms with Gasteiger partial charge in [0.2, 0.25) is 11.7 Å². The molecule has 0 bridgehead atoms. The number of nitriles is 1. The number of carbonyl (C=O) groups is 1. The van der Waals surface area contributed by atoms with Gasteiger partial charge in [0.15, 0.2) is 5.65 Å². The molecule has 2 heterocycles. The molecular weight excluding hydrogens is 460 g/mol. The third kappa shape index (κ3) is 4.55. The van der Waals surface area contributed by atoms with E-state index in [0.29, 0.717) is 28.4 Å². The number of rotatable bonds is 7. The first-order chi connectivity index (χ1) is 17.4. The number of fused-ring (bicyclic) bond motifs is 1. The number of nitrogens with one attached hydrogen (secondary N) is 1. The predicted molar refractivity (Wildman–Crippen MR) is 132 cm³/mol. The van der Waals surface area contributed by atoms with Crippen molar-refractivity contribution in [1.82, 2.24) is 14.6 Å². The number of carbonyl (C=O) groups excluding carboxylic acids is 1. The molecule has 0 aliphatic rings. The Labute approximate surface area is 205 Å². The molecule has 5 aromatic rings. The summed E-state index contributed by atoms with van der Waals surface area (Å²) in [6, 6.07) is 26.9. The number of hydrogen-bond donors (Lipinski definition) is 1. The molecule has 0 aliphatic heterocycles. The van der Waals surface area contributed by atoms with Gasteiger partial charge >= 0.3 is 5.92 Å². The summed E-state index contributed by atoms with van der Waals surface area (Å²) < 4.78 is 30.7. The van der Waals surface area contributed by atoms with E-state index in [4.69, 9.17) is 0 Å². The van der Waals surface area contributed by atoms with E-state index in [9.17, 15) is 18.8 Å². The molecule has 0 saturated carbocycles. The Balaban J connectivity index is 1.33. The minimum atomic E-state index is -3.54. The number of anilines is 2. The average molecular weight is 479 g/mol. The first kappa shape index (κ1) is 22.9. The normalized spacial score (nSPS) is 11.2. The van der Waals surface area contributed by atoms with Crippen LogP contribution in [0.1, 0.15) is 16.7 Å². The Hall–Kier alpha value is -4.90. The molecule has 0 atom stereocenters. The highest BCUT2D eigenvalue weighted by Gasteiger charge is 2.39. The molecule has 0 radical (unpaired) electrons. The second-order valence-electron chi connectivity index (χ2n) is 8.18. The van der Waals surface area contributed by atoms with Gasteiger partial charge in [0.1, 0.15) is 6.07 Å². The summed E-state index contributed by atoms with van der Waals surface area (Å²) in [7, 11) is 0. The lowest BCUT2D eigenvalue weighted by Crippen LogP contribution is -2.27. The van der Waals surface area contributed by atoms with Crippen molar-refractivity contribution in [3.63, 3.8) is 0 Å². The van der Waals surface area contributed by atoms with Crippen LogP contribution in [0.2, 0.25) is 0 Å². The fourth-order valence-electron chi connectivity index (χ4n) is 3.84. The largest absolute Gasteiger partial charge is 0.330 e. The molecule has 36 heavy (non-hydrogen) atoms. The molecule has 0 fully saturated rings. The van der Waals surface area contributed by atoms with Crippen LogP contribution < -0.4 is 5.32 Å². The molecule has 176 valence electrons. The van der Waals surface area contributed by atoms with Crippen molar-refractivity contribution in [3.8, 4) is 17.2 Å². The summed E-state index contributed by atoms with van der Waals surface area (Å²) in [5, 5.41) is 16.8. The number of aromatic nitrogens is 3. The second-order valence-corrected chi connectivity index (χ2v) is 8.18. The van der Waals surface area contributed by atoms with Gasteiger partial charge in [0.25, 0.3) is 0 Å². The fraction of sp³-hybridized carbons (Fsp3) is 0.0714. The van der Waals surface area contributed by atoms with Gasteiger partial charge in [0.05, 0.1) is 11.3 Å². The van der Waals surface area contributed by atoms with Crippen LogP contribution in [-0.4, -0.2) is 20.4 Å². The molecule has 0 aliphatic carbocycles. The highest BCUT2D eigenvalue weighted by Crippen LogP contribution is 2.30. The molecule has 6 nitrogen and oxygen atoms in total. The van der Waals surface area contributed by atoms with Crippen molar-refractivity contribution in [2.75, 3.05) is 5.32 Å². The van der Waals surface area contributed by atoms with E-state index in [1.807, 2.05) is 18.2 Å². The number of benzene rings is 3. The van der Waals surface area contributed by atoms with Crippen LogP contribution in [0.5, 0.6) is 0 Å². The molecule has 0 amide bonds. The fourth-order valence-corrected chi connectivity index (χ4v) is 3.84. The molecule has 0 saturated heterocycles. The van der Waals surface area contributed by atoms with Crippen LogP contribution in [0, 0.1) is 11.3 Å². The smallest absolute Gasteiger partial charge is 0.322 e. The lowest BCUT2D eigenvalue weighted by atomic mass is 9.97. The van der Waals surface area contributed by atoms with Gasteiger partial charge in [-0.1, -0.05) is 66.7 Å². The lowest BCUT2D eigenvalue weighted by Gasteiger charge is -2.15. The standard InChI is InChI=1S/C28H19F2N5O/c29-28(30,23-7-2-1-3-8-23)25(36)16-19-10-12-20(13-11-19)22-14-15-26-33-27(34-35(26)18-22)32-24-9-5-4-6-21(24)17-31/h1-15,18H,16H2,(H,32,34). The average Bonchev–Trinajstić information content (AvgIpc) is 3.31. The van der Waals surface area contributed by atoms with E-state index in [2.05, 4.69) is 21.5 Å². The SMILES string of the molecule is N#Cc1ccccc1Nc1nc2ccc(-c3ccc(CC(=O)C(F)(F)c4ccccc4)cc3)cn2n1. The van der Waals surface area contributed by atoms with E-state index >= 15 is 0 Å². The van der Waals surface area contributed by atoms with Crippen molar-refractivity contribution in [2.45, 2.75) is 12.3 Å². The zero-order chi connectivity index (χ0) is 25.1. The zero-order valence-corrected chi connectivity index (χ0v) is 18.9. The maximum atomic E-state index is 14.5. The maximum absolute atomic E-state index is 14.5. The summed E-state index contributed by atoms with van der Waals surface area (Å²) in [6.45, 7) is 0. The van der Waals surface area contributed by atoms with Gasteiger partial charge in [-0.05, 0) is 35.4 Å². The molecule has 8 heteroatoms. The Kier molecular flexibility index (Phi) is 5.97. The summed E-state index contributed by atoms with van der Waals surface area (Å²) in [5.41, 5.74) is 3.57. The molecular formula is C28H19F2N5O. The van der Waals surface area contributed by atoms with Crippen LogP contribution in [0.4, 0.5) is 20.4 Å². The van der Waals surface area contributed by atoms with E-state index in [-0.39, 0.29) is 12.0 Å². The molecule has 0 spiro atoms. The predicted octanol–water partition coefficient (Wildman–Crippen LogP) is 5.92. The van der Waals surface area contributed by atoms with Crippen molar-refractivity contribution in [3.05, 3.63) is 114 Å². The van der Waals surface area contributed by atoms with Gasteiger partial charge in [-0.3, -0.25) is 4.79 Å². The molecule has 3 aromatic carbocycles. The third-order valence-electron chi connectivity index (χ3n) is 5.76. The van der Waals surface area contributed by atoms with Gasteiger partial charge in [-0.15, -0.1) is 5.10 Å². The van der Waals surface area contributed by atoms with Gasteiger partial charge in [0, 0.05) is 23.7 Å². The highest BCUT2D eigenvalue weighted by molar-refractivity contribution is 5.88. The number of Topliss-reactive ketones (excluding diaryl/α,β-unsaturated/α-hetero) is 1. The summed E-state index contributed by atoms with van der Waals surface area (Å²) >= 11 is 0. The van der Waals surface area contributed by atoms with E-state index < -0.39 is 11.7 Å². The van der Waals surface area contributed by atoms with E-state index in [0.717, 1.165) is 11.1 Å². The van der Waals surface area contributed by atoms with E-state index in [1.54, 1.807) is 59.2 Å². The maximum Gasteiger partial charge on any atom is 0.330 e. The van der Waals surface area contributed by atoms with Gasteiger partial charge < -0.3 is 5.32 Å². The van der Waals surface area contributed by atoms with Crippen molar-refractivity contribution in [2.24, 2.45) is 0 Å². The number of pyridine rings is 1. The Morgan fingerprint density at radius 1 is 0.917 bits per heavy atom. The minimum absolute atomic E-state index is 0.308. The number of hydrogen-bond acceptors (Lipinski definition) is 5. The summed E-state index contributed by atoms with van der Waals surface area (Å²) in [5.74, 6) is -4.34. The summed E-state index contributed by atoms with van der Waals surface area (Å²) in [6.07, 6.45) is 1.43. The Morgan fingerprint density at radius 2 is 1.61 bits per heavy atom. The van der Waals surface area contributed by atoms with E-state index in [1.165, 1.54) is 24.3 Å². The van der Waals surface area contributed by atoms with Crippen molar-refractivity contribution in [1.29, 1.82) is 5.26 Å². The number of halogens is 2. The number of nitrogens with zero attached hydrogens (tertiary/aromatic N) is 4. The zero-order valence-electron chi connectivity index (χ0n) is 18.9. The summed E-state index contributed by atoms with van der Waals surface area (Å²) in [4.78, 5) is 16.8. The van der Waals surface area contributed by atoms with Crippen molar-refractivity contribution >= 4 is 23.1 Å². The topological polar surface area (TPSA) is 83.1 Å². The first-order valence-corrected chi connectivity index (χ1v) is 11.1. The van der Waals surface area contributed by atoms with Crippen LogP contribution >= 0.6 is 0 Å². The Morgan fingerprint density at radius 3 is 2.36 bits per heavy atom. The quantitative estimate of drug-likeness (QED) is 0.314. The number of para-hydroxylation sites is 1. The lowest BCUT2D eigenvalue weighted by molar-refractivity contribution is -0.143. The van der Waals surface area contributed by atoms with Crippen LogP contribution in [0.25, 0.3) is 16.8 Å². The van der Waals surface area contributed by atoms with Gasteiger partial charge in [-0.2, -0.15) is 19.0 Å². The molecule has 0 unspecified atom stereocenters. The minimum Gasteiger partial charge on any atom is -0.322 e. The number of ketones is 1. The van der Waals surface area contributed by atoms with Crippen LogP contribution in [0.3, 0.4) is 0 Å². The first-order valence-electron chi connectivity index (χ1n) is 11.1. The van der Waals surface area contributed by atoms with Crippen molar-refractivity contribution < 1.29 is 13.6 Å². The molecule has 1 N–H and O–H groups in total. The van der Waals surface area contributed by atoms with Crippen LogP contribution in [-0.2, 0) is 17.1 Å². The monoisotopic (exact) mass is 479 g/mol. The molecule has 5 rings (SSSR count). The number of alkyl halides is 2. The second kappa shape index (κ2) is 9.39. The third-order valence-corrected chi connectivity index (χ3v) is 5.76. The highest BCUT2D eigenvalue weighted by atomic mass is 19.3. The Bertz CT molecular complexity index is 1590. The van der Waals surface area contributed by atoms with Gasteiger partial charge in [-0.25, -0.2) is 4.52 Å². The van der Waals surface area contributed by atoms with Crippen LogP contribution in [0.15, 0.2) is 97.2 Å². The molecule has 2 aromatic heterocycles.